The van der Waals surface area contributed by atoms with Crippen molar-refractivity contribution in [3.05, 3.63) is 88.2 Å². The maximum Gasteiger partial charge on any atom is 0.275 e. The van der Waals surface area contributed by atoms with Crippen molar-refractivity contribution >= 4 is 5.91 Å². The summed E-state index contributed by atoms with van der Waals surface area (Å²) in [6, 6.07) is 18.9. The van der Waals surface area contributed by atoms with Gasteiger partial charge in [-0.3, -0.25) is 9.89 Å². The Kier molecular flexibility index (Phi) is 4.02. The van der Waals surface area contributed by atoms with Gasteiger partial charge in [-0.15, -0.1) is 0 Å². The number of carbonyl (C=O) groups is 1. The molecule has 1 atom stereocenters. The first-order valence-corrected chi connectivity index (χ1v) is 9.50. The monoisotopic (exact) mass is 358 g/mol. The molecule has 136 valence electrons. The molecule has 5 nitrogen and oxygen atoms in total. The van der Waals surface area contributed by atoms with E-state index in [2.05, 4.69) is 64.0 Å². The van der Waals surface area contributed by atoms with Gasteiger partial charge in [0.1, 0.15) is 0 Å². The van der Waals surface area contributed by atoms with Crippen molar-refractivity contribution in [3.8, 4) is 0 Å². The second kappa shape index (κ2) is 6.67. The van der Waals surface area contributed by atoms with E-state index in [9.17, 15) is 4.79 Å². The fourth-order valence-electron chi connectivity index (χ4n) is 4.28. The third-order valence-electron chi connectivity index (χ3n) is 5.69. The Bertz CT molecular complexity index is 979. The number of nitrogens with one attached hydrogen (secondary N) is 2. The topological polar surface area (TPSA) is 61.0 Å². The lowest BCUT2D eigenvalue weighted by atomic mass is 9.84. The summed E-state index contributed by atoms with van der Waals surface area (Å²) in [6.45, 7) is 2.94. The number of aromatic amines is 1. The molecule has 2 aliphatic heterocycles. The van der Waals surface area contributed by atoms with Crippen LogP contribution in [0.1, 0.15) is 44.4 Å². The third kappa shape index (κ3) is 2.84. The molecule has 2 aromatic carbocycles. The molecule has 1 amide bonds. The van der Waals surface area contributed by atoms with Crippen LogP contribution in [-0.4, -0.2) is 34.1 Å². The molecule has 5 rings (SSSR count). The highest BCUT2D eigenvalue weighted by molar-refractivity contribution is 5.94. The minimum absolute atomic E-state index is 0.0200. The molecule has 3 aromatic rings. The maximum absolute atomic E-state index is 13.3. The molecule has 0 fully saturated rings. The van der Waals surface area contributed by atoms with Gasteiger partial charge in [0.15, 0.2) is 5.69 Å². The van der Waals surface area contributed by atoms with E-state index in [1.165, 1.54) is 16.7 Å². The maximum atomic E-state index is 13.3. The second-order valence-electron chi connectivity index (χ2n) is 7.30. The van der Waals surface area contributed by atoms with Crippen molar-refractivity contribution in [1.82, 2.24) is 20.4 Å². The number of amides is 1. The quantitative estimate of drug-likeness (QED) is 0.741. The van der Waals surface area contributed by atoms with Gasteiger partial charge in [0.25, 0.3) is 5.91 Å². The number of benzene rings is 2. The molecular weight excluding hydrogens is 336 g/mol. The van der Waals surface area contributed by atoms with Gasteiger partial charge in [-0.25, -0.2) is 0 Å². The van der Waals surface area contributed by atoms with Crippen molar-refractivity contribution in [2.24, 2.45) is 0 Å². The van der Waals surface area contributed by atoms with E-state index >= 15 is 0 Å². The van der Waals surface area contributed by atoms with Gasteiger partial charge in [-0.05, 0) is 16.7 Å². The first-order valence-electron chi connectivity index (χ1n) is 9.50. The third-order valence-corrected chi connectivity index (χ3v) is 5.69. The molecule has 0 spiro atoms. The Morgan fingerprint density at radius 2 is 1.89 bits per heavy atom. The standard InChI is InChI=1S/C22H22N4O/c27-22(21-18-12-23-11-10-20(18)24-25-21)26-13-16-8-4-5-9-17(16)19(14-26)15-6-2-1-3-7-15/h1-9,19,23H,10-14H2,(H,24,25). The molecule has 2 N–H and O–H groups in total. The Morgan fingerprint density at radius 1 is 1.07 bits per heavy atom. The van der Waals surface area contributed by atoms with Gasteiger partial charge in [-0.2, -0.15) is 5.10 Å². The molecule has 2 aliphatic rings. The normalized spacial score (nSPS) is 18.7. The minimum Gasteiger partial charge on any atom is -0.332 e. The van der Waals surface area contributed by atoms with Crippen LogP contribution in [0.15, 0.2) is 54.6 Å². The van der Waals surface area contributed by atoms with Crippen LogP contribution in [0.25, 0.3) is 0 Å². The highest BCUT2D eigenvalue weighted by atomic mass is 16.2. The lowest BCUT2D eigenvalue weighted by Gasteiger charge is -2.35. The van der Waals surface area contributed by atoms with E-state index in [1.807, 2.05) is 11.0 Å². The number of H-pyrrole nitrogens is 1. The van der Waals surface area contributed by atoms with Gasteiger partial charge in [0, 0.05) is 49.8 Å². The smallest absolute Gasteiger partial charge is 0.275 e. The zero-order valence-electron chi connectivity index (χ0n) is 15.1. The van der Waals surface area contributed by atoms with Crippen LogP contribution >= 0.6 is 0 Å². The van der Waals surface area contributed by atoms with E-state index < -0.39 is 0 Å². The van der Waals surface area contributed by atoms with Crippen LogP contribution < -0.4 is 5.32 Å². The summed E-state index contributed by atoms with van der Waals surface area (Å²) < 4.78 is 0. The van der Waals surface area contributed by atoms with Crippen molar-refractivity contribution in [2.45, 2.75) is 25.4 Å². The zero-order valence-corrected chi connectivity index (χ0v) is 15.1. The first kappa shape index (κ1) is 16.3. The summed E-state index contributed by atoms with van der Waals surface area (Å²) in [5.74, 6) is 0.208. The number of nitrogens with zero attached hydrogens (tertiary/aromatic N) is 2. The Balaban J connectivity index is 1.51. The van der Waals surface area contributed by atoms with Crippen LogP contribution in [0, 0.1) is 0 Å². The predicted molar refractivity (Wildman–Crippen MR) is 103 cm³/mol. The number of hydrogen-bond acceptors (Lipinski definition) is 3. The number of fused-ring (bicyclic) bond motifs is 2. The fraction of sp³-hybridized carbons (Fsp3) is 0.273. The van der Waals surface area contributed by atoms with E-state index in [-0.39, 0.29) is 11.8 Å². The van der Waals surface area contributed by atoms with E-state index in [4.69, 9.17) is 0 Å². The molecule has 0 bridgehead atoms. The van der Waals surface area contributed by atoms with E-state index in [0.29, 0.717) is 25.3 Å². The summed E-state index contributed by atoms with van der Waals surface area (Å²) in [7, 11) is 0. The predicted octanol–water partition coefficient (Wildman–Crippen LogP) is 2.84. The summed E-state index contributed by atoms with van der Waals surface area (Å²) in [5, 5.41) is 10.8. The van der Waals surface area contributed by atoms with Gasteiger partial charge < -0.3 is 10.2 Å². The van der Waals surface area contributed by atoms with Crippen molar-refractivity contribution in [3.63, 3.8) is 0 Å². The number of hydrogen-bond donors (Lipinski definition) is 2. The van der Waals surface area contributed by atoms with Crippen molar-refractivity contribution < 1.29 is 4.79 Å². The van der Waals surface area contributed by atoms with Gasteiger partial charge in [0.2, 0.25) is 0 Å². The van der Waals surface area contributed by atoms with Crippen LogP contribution in [0.4, 0.5) is 0 Å². The van der Waals surface area contributed by atoms with Crippen LogP contribution in [0.2, 0.25) is 0 Å². The highest BCUT2D eigenvalue weighted by Crippen LogP contribution is 2.34. The summed E-state index contributed by atoms with van der Waals surface area (Å²) >= 11 is 0. The molecule has 1 unspecified atom stereocenters. The SMILES string of the molecule is O=C(c1n[nH]c2c1CNCC2)N1Cc2ccccc2C(c2ccccc2)C1. The zero-order chi connectivity index (χ0) is 18.2. The lowest BCUT2D eigenvalue weighted by Crippen LogP contribution is -2.39. The van der Waals surface area contributed by atoms with Crippen molar-refractivity contribution in [2.75, 3.05) is 13.1 Å². The van der Waals surface area contributed by atoms with Crippen LogP contribution in [-0.2, 0) is 19.5 Å². The largest absolute Gasteiger partial charge is 0.332 e. The number of carbonyl (C=O) groups excluding carboxylic acids is 1. The molecule has 0 radical (unpaired) electrons. The molecule has 1 aromatic heterocycles. The number of rotatable bonds is 2. The van der Waals surface area contributed by atoms with Gasteiger partial charge in [0.05, 0.1) is 0 Å². The molecule has 0 saturated carbocycles. The van der Waals surface area contributed by atoms with Gasteiger partial charge >= 0.3 is 0 Å². The van der Waals surface area contributed by atoms with Gasteiger partial charge in [-0.1, -0.05) is 54.6 Å². The molecule has 3 heterocycles. The van der Waals surface area contributed by atoms with E-state index in [0.717, 1.165) is 24.2 Å². The molecule has 0 aliphatic carbocycles. The average molecular weight is 358 g/mol. The Hall–Kier alpha value is -2.92. The minimum atomic E-state index is 0.0200. The highest BCUT2D eigenvalue weighted by Gasteiger charge is 2.32. The van der Waals surface area contributed by atoms with Crippen LogP contribution in [0.5, 0.6) is 0 Å². The Labute approximate surface area is 158 Å². The summed E-state index contributed by atoms with van der Waals surface area (Å²) in [4.78, 5) is 15.3. The van der Waals surface area contributed by atoms with Crippen LogP contribution in [0.3, 0.4) is 0 Å². The molecule has 0 saturated heterocycles. The lowest BCUT2D eigenvalue weighted by molar-refractivity contribution is 0.0717. The number of aromatic nitrogens is 2. The summed E-state index contributed by atoms with van der Waals surface area (Å²) in [5.41, 5.74) is 6.47. The van der Waals surface area contributed by atoms with Crippen molar-refractivity contribution in [1.29, 1.82) is 0 Å². The average Bonchev–Trinajstić information content (AvgIpc) is 3.17. The second-order valence-corrected chi connectivity index (χ2v) is 7.30. The van der Waals surface area contributed by atoms with E-state index in [1.54, 1.807) is 0 Å². The summed E-state index contributed by atoms with van der Waals surface area (Å²) in [6.07, 6.45) is 0.894. The molecule has 5 heteroatoms. The molecular formula is C22H22N4O. The molecule has 27 heavy (non-hydrogen) atoms. The Morgan fingerprint density at radius 3 is 2.78 bits per heavy atom. The first-order chi connectivity index (χ1) is 13.3. The fourth-order valence-corrected chi connectivity index (χ4v) is 4.28.